The summed E-state index contributed by atoms with van der Waals surface area (Å²) >= 11 is 0. The lowest BCUT2D eigenvalue weighted by Crippen LogP contribution is -2.09. The molecular weight excluding hydrogens is 256 g/mol. The van der Waals surface area contributed by atoms with Crippen LogP contribution in [0.5, 0.6) is 0 Å². The molecule has 1 radical (unpaired) electrons. The molecule has 0 aliphatic heterocycles. The number of hydrogen-bond donors (Lipinski definition) is 0. The molecule has 3 heteroatoms. The molecule has 0 saturated heterocycles. The van der Waals surface area contributed by atoms with Gasteiger partial charge in [0.2, 0.25) is 0 Å². The summed E-state index contributed by atoms with van der Waals surface area (Å²) in [4.78, 5) is 0.540. The maximum atomic E-state index is 12.3. The van der Waals surface area contributed by atoms with Crippen molar-refractivity contribution in [1.29, 1.82) is 0 Å². The highest BCUT2D eigenvalue weighted by Crippen LogP contribution is 2.20. The summed E-state index contributed by atoms with van der Waals surface area (Å²) in [6.07, 6.45) is 6.72. The Bertz CT molecular complexity index is 463. The van der Waals surface area contributed by atoms with E-state index in [1.54, 1.807) is 6.07 Å². The molecule has 0 N–H and O–H groups in total. The van der Waals surface area contributed by atoms with Crippen LogP contribution >= 0.6 is 0 Å². The number of rotatable bonds is 9. The van der Waals surface area contributed by atoms with Gasteiger partial charge in [-0.15, -0.1) is 0 Å². The van der Waals surface area contributed by atoms with Gasteiger partial charge in [0, 0.05) is 0 Å². The Morgan fingerprint density at radius 3 is 2.47 bits per heavy atom. The Kier molecular flexibility index (Phi) is 7.14. The molecule has 0 bridgehead atoms. The Balaban J connectivity index is 2.77. The van der Waals surface area contributed by atoms with Crippen LogP contribution in [0.4, 0.5) is 0 Å². The van der Waals surface area contributed by atoms with Crippen molar-refractivity contribution in [2.45, 2.75) is 56.8 Å². The van der Waals surface area contributed by atoms with Crippen molar-refractivity contribution in [3.8, 4) is 0 Å². The zero-order valence-corrected chi connectivity index (χ0v) is 12.7. The largest absolute Gasteiger partial charge is 0.224 e. The highest BCUT2D eigenvalue weighted by molar-refractivity contribution is 7.91. The average molecular weight is 281 g/mol. The van der Waals surface area contributed by atoms with Crippen LogP contribution in [0.2, 0.25) is 0 Å². The molecule has 0 heterocycles. The Hall–Kier alpha value is -0.830. The summed E-state index contributed by atoms with van der Waals surface area (Å²) in [5, 5.41) is 0. The van der Waals surface area contributed by atoms with Crippen molar-refractivity contribution in [2.24, 2.45) is 0 Å². The minimum Gasteiger partial charge on any atom is -0.224 e. The molecule has 1 aromatic carbocycles. The number of sulfone groups is 1. The quantitative estimate of drug-likeness (QED) is 0.636. The van der Waals surface area contributed by atoms with Crippen molar-refractivity contribution in [3.05, 3.63) is 36.8 Å². The third kappa shape index (κ3) is 5.35. The van der Waals surface area contributed by atoms with E-state index in [0.29, 0.717) is 4.90 Å². The van der Waals surface area contributed by atoms with Crippen molar-refractivity contribution in [2.75, 3.05) is 5.75 Å². The third-order valence-electron chi connectivity index (χ3n) is 3.27. The van der Waals surface area contributed by atoms with Crippen LogP contribution in [-0.4, -0.2) is 14.2 Å². The van der Waals surface area contributed by atoms with Crippen LogP contribution in [0, 0.1) is 6.92 Å². The average Bonchev–Trinajstić information content (AvgIpc) is 2.42. The van der Waals surface area contributed by atoms with Crippen molar-refractivity contribution >= 4 is 9.84 Å². The van der Waals surface area contributed by atoms with E-state index in [2.05, 4.69) is 6.92 Å². The van der Waals surface area contributed by atoms with Gasteiger partial charge in [-0.2, -0.15) is 0 Å². The summed E-state index contributed by atoms with van der Waals surface area (Å²) in [5.41, 5.74) is 0.975. The van der Waals surface area contributed by atoms with E-state index in [0.717, 1.165) is 50.5 Å². The number of benzene rings is 1. The molecule has 0 aromatic heterocycles. The minimum absolute atomic E-state index is 0.263. The lowest BCUT2D eigenvalue weighted by atomic mass is 10.1. The van der Waals surface area contributed by atoms with Crippen molar-refractivity contribution in [1.82, 2.24) is 0 Å². The van der Waals surface area contributed by atoms with E-state index >= 15 is 0 Å². The maximum absolute atomic E-state index is 12.3. The molecule has 1 rings (SSSR count). The summed E-state index contributed by atoms with van der Waals surface area (Å²) in [6, 6.07) is 7.44. The fourth-order valence-corrected chi connectivity index (χ4v) is 3.87. The smallest absolute Gasteiger partial charge is 0.178 e. The zero-order valence-electron chi connectivity index (χ0n) is 11.9. The fourth-order valence-electron chi connectivity index (χ4n) is 2.13. The normalized spacial score (nSPS) is 11.7. The molecule has 107 valence electrons. The molecular formula is C16H25O2S. The van der Waals surface area contributed by atoms with Gasteiger partial charge in [-0.05, 0) is 30.9 Å². The first-order chi connectivity index (χ1) is 9.11. The molecule has 19 heavy (non-hydrogen) atoms. The highest BCUT2D eigenvalue weighted by Gasteiger charge is 2.17. The van der Waals surface area contributed by atoms with E-state index < -0.39 is 9.84 Å². The molecule has 1 aromatic rings. The molecule has 0 fully saturated rings. The van der Waals surface area contributed by atoms with Crippen LogP contribution < -0.4 is 0 Å². The number of unbranched alkanes of at least 4 members (excludes halogenated alkanes) is 4. The van der Waals surface area contributed by atoms with Gasteiger partial charge in [0.25, 0.3) is 0 Å². The monoisotopic (exact) mass is 281 g/mol. The second-order valence-electron chi connectivity index (χ2n) is 4.94. The van der Waals surface area contributed by atoms with Gasteiger partial charge >= 0.3 is 0 Å². The van der Waals surface area contributed by atoms with Gasteiger partial charge in [0.15, 0.2) is 9.84 Å². The molecule has 0 aliphatic carbocycles. The van der Waals surface area contributed by atoms with E-state index in [1.807, 2.05) is 25.1 Å². The van der Waals surface area contributed by atoms with E-state index in [9.17, 15) is 8.42 Å². The summed E-state index contributed by atoms with van der Waals surface area (Å²) in [6.45, 7) is 5.84. The fraction of sp³-hybridized carbons (Fsp3) is 0.562. The maximum Gasteiger partial charge on any atom is 0.178 e. The molecule has 2 nitrogen and oxygen atoms in total. The second kappa shape index (κ2) is 8.36. The van der Waals surface area contributed by atoms with Crippen LogP contribution in [0.25, 0.3) is 0 Å². The predicted molar refractivity (Wildman–Crippen MR) is 80.9 cm³/mol. The standard InChI is InChI=1S/C16H25O2S/c1-3-5-7-8-11-15-12-9-10-13-16(15)19(17,18)14-6-4-2/h9-10,12-13H,1,3-8,11,14H2,2H3. The lowest BCUT2D eigenvalue weighted by molar-refractivity contribution is 0.590. The molecule has 0 saturated carbocycles. The molecule has 0 unspecified atom stereocenters. The van der Waals surface area contributed by atoms with Gasteiger partial charge in [-0.3, -0.25) is 0 Å². The summed E-state index contributed by atoms with van der Waals surface area (Å²) in [5.74, 6) is 0.263. The van der Waals surface area contributed by atoms with Crippen LogP contribution in [0.3, 0.4) is 0 Å². The third-order valence-corrected chi connectivity index (χ3v) is 5.16. The lowest BCUT2D eigenvalue weighted by Gasteiger charge is -2.10. The first-order valence-corrected chi connectivity index (χ1v) is 8.87. The Morgan fingerprint density at radius 2 is 1.79 bits per heavy atom. The van der Waals surface area contributed by atoms with Gasteiger partial charge in [0.05, 0.1) is 10.6 Å². The van der Waals surface area contributed by atoms with Crippen LogP contribution in [0.1, 0.15) is 51.0 Å². The van der Waals surface area contributed by atoms with Crippen LogP contribution in [-0.2, 0) is 16.3 Å². The number of aryl methyl sites for hydroxylation is 1. The van der Waals surface area contributed by atoms with E-state index in [4.69, 9.17) is 0 Å². The molecule has 0 amide bonds. The van der Waals surface area contributed by atoms with E-state index in [1.165, 1.54) is 0 Å². The highest BCUT2D eigenvalue weighted by atomic mass is 32.2. The first-order valence-electron chi connectivity index (χ1n) is 7.21. The predicted octanol–water partition coefficient (Wildman–Crippen LogP) is 4.20. The second-order valence-corrected chi connectivity index (χ2v) is 7.02. The topological polar surface area (TPSA) is 34.1 Å². The number of hydrogen-bond acceptors (Lipinski definition) is 2. The van der Waals surface area contributed by atoms with Gasteiger partial charge in [0.1, 0.15) is 0 Å². The Morgan fingerprint density at radius 1 is 1.05 bits per heavy atom. The molecule has 0 spiro atoms. The SMILES string of the molecule is [CH2]CCCCCc1ccccc1S(=O)(=O)CCCC. The first kappa shape index (κ1) is 16.2. The summed E-state index contributed by atoms with van der Waals surface area (Å²) < 4.78 is 24.6. The summed E-state index contributed by atoms with van der Waals surface area (Å²) in [7, 11) is -3.11. The minimum atomic E-state index is -3.11. The molecule has 0 atom stereocenters. The van der Waals surface area contributed by atoms with Gasteiger partial charge in [-0.1, -0.05) is 57.7 Å². The zero-order chi connectivity index (χ0) is 14.1. The van der Waals surface area contributed by atoms with Gasteiger partial charge in [-0.25, -0.2) is 8.42 Å². The van der Waals surface area contributed by atoms with Crippen LogP contribution in [0.15, 0.2) is 29.2 Å². The van der Waals surface area contributed by atoms with E-state index in [-0.39, 0.29) is 5.75 Å². The Labute approximate surface area is 118 Å². The van der Waals surface area contributed by atoms with Crippen molar-refractivity contribution < 1.29 is 8.42 Å². The van der Waals surface area contributed by atoms with Crippen molar-refractivity contribution in [3.63, 3.8) is 0 Å². The van der Waals surface area contributed by atoms with Gasteiger partial charge < -0.3 is 0 Å². The molecule has 0 aliphatic rings.